The molecule has 2 heterocycles. The van der Waals surface area contributed by atoms with E-state index in [-0.39, 0.29) is 17.8 Å². The second-order valence-corrected chi connectivity index (χ2v) is 6.16. The van der Waals surface area contributed by atoms with E-state index in [2.05, 4.69) is 5.10 Å². The third-order valence-corrected chi connectivity index (χ3v) is 4.42. The lowest BCUT2D eigenvalue weighted by Crippen LogP contribution is -2.35. The Balaban J connectivity index is 2.03. The lowest BCUT2D eigenvalue weighted by molar-refractivity contribution is -0.0202. The highest BCUT2D eigenvalue weighted by Gasteiger charge is 2.38. The molecule has 0 unspecified atom stereocenters. The van der Waals surface area contributed by atoms with Crippen molar-refractivity contribution in [1.82, 2.24) is 14.3 Å². The Morgan fingerprint density at radius 1 is 1.23 bits per heavy atom. The summed E-state index contributed by atoms with van der Waals surface area (Å²) in [7, 11) is 1.65. The molecule has 0 saturated heterocycles. The first kappa shape index (κ1) is 15.2. The largest absolute Gasteiger partial charge is 0.381 e. The van der Waals surface area contributed by atoms with E-state index in [0.717, 1.165) is 31.2 Å². The van der Waals surface area contributed by atoms with Crippen molar-refractivity contribution in [3.05, 3.63) is 35.3 Å². The monoisotopic (exact) mass is 309 g/mol. The molecule has 6 heteroatoms. The summed E-state index contributed by atoms with van der Waals surface area (Å²) >= 11 is 0. The van der Waals surface area contributed by atoms with E-state index in [1.54, 1.807) is 7.11 Å². The van der Waals surface area contributed by atoms with Crippen LogP contribution in [0.3, 0.4) is 0 Å². The standard InChI is InChI=1S/C16H21F2N3O/c1-10-5-6-11(2)20(10)15-9-14(16(3,17)18)21(19-15)12-7-13(8-12)22-4/h5-6,9,12-13H,7-8H2,1-4H3. The van der Waals surface area contributed by atoms with Crippen LogP contribution in [0, 0.1) is 13.8 Å². The first-order valence-electron chi connectivity index (χ1n) is 7.47. The lowest BCUT2D eigenvalue weighted by Gasteiger charge is -2.35. The number of alkyl halides is 2. The van der Waals surface area contributed by atoms with E-state index >= 15 is 0 Å². The van der Waals surface area contributed by atoms with Gasteiger partial charge in [0.1, 0.15) is 5.69 Å². The fraction of sp³-hybridized carbons (Fsp3) is 0.562. The fourth-order valence-corrected chi connectivity index (χ4v) is 3.06. The Labute approximate surface area is 128 Å². The Hall–Kier alpha value is -1.69. The van der Waals surface area contributed by atoms with Gasteiger partial charge in [-0.15, -0.1) is 0 Å². The van der Waals surface area contributed by atoms with Gasteiger partial charge in [-0.25, -0.2) is 0 Å². The summed E-state index contributed by atoms with van der Waals surface area (Å²) < 4.78 is 36.6. The van der Waals surface area contributed by atoms with Crippen LogP contribution in [0.4, 0.5) is 8.78 Å². The molecule has 3 rings (SSSR count). The van der Waals surface area contributed by atoms with E-state index in [1.165, 1.54) is 10.7 Å². The van der Waals surface area contributed by atoms with Crippen molar-refractivity contribution in [1.29, 1.82) is 0 Å². The van der Waals surface area contributed by atoms with Gasteiger partial charge < -0.3 is 9.30 Å². The molecule has 0 N–H and O–H groups in total. The molecule has 120 valence electrons. The molecule has 0 bridgehead atoms. The molecule has 4 nitrogen and oxygen atoms in total. The number of hydrogen-bond acceptors (Lipinski definition) is 2. The highest BCUT2D eigenvalue weighted by Crippen LogP contribution is 2.39. The fourth-order valence-electron chi connectivity index (χ4n) is 3.06. The number of aryl methyl sites for hydroxylation is 2. The van der Waals surface area contributed by atoms with Gasteiger partial charge in [0.2, 0.25) is 0 Å². The second kappa shape index (κ2) is 5.19. The molecular weight excluding hydrogens is 288 g/mol. The number of nitrogens with zero attached hydrogens (tertiary/aromatic N) is 3. The number of ether oxygens (including phenoxy) is 1. The molecule has 0 aromatic carbocycles. The van der Waals surface area contributed by atoms with Crippen molar-refractivity contribution in [2.75, 3.05) is 7.11 Å². The van der Waals surface area contributed by atoms with E-state index in [4.69, 9.17) is 4.74 Å². The number of methoxy groups -OCH3 is 1. The molecule has 1 aliphatic carbocycles. The molecule has 1 fully saturated rings. The summed E-state index contributed by atoms with van der Waals surface area (Å²) in [5.74, 6) is -2.37. The second-order valence-electron chi connectivity index (χ2n) is 6.16. The summed E-state index contributed by atoms with van der Waals surface area (Å²) in [5, 5.41) is 4.48. The van der Waals surface area contributed by atoms with E-state index in [9.17, 15) is 8.78 Å². The van der Waals surface area contributed by atoms with E-state index in [1.807, 2.05) is 30.5 Å². The third kappa shape index (κ3) is 2.45. The minimum atomic E-state index is -2.92. The molecule has 2 aromatic rings. The van der Waals surface area contributed by atoms with Crippen LogP contribution >= 0.6 is 0 Å². The molecule has 0 spiro atoms. The molecule has 0 atom stereocenters. The molecule has 0 amide bonds. The molecular formula is C16H21F2N3O. The Morgan fingerprint density at radius 3 is 2.32 bits per heavy atom. The molecule has 2 aromatic heterocycles. The van der Waals surface area contributed by atoms with Gasteiger partial charge in [0.15, 0.2) is 5.82 Å². The highest BCUT2D eigenvalue weighted by molar-refractivity contribution is 5.34. The first-order chi connectivity index (χ1) is 10.3. The maximum atomic E-state index is 14.0. The van der Waals surface area contributed by atoms with Gasteiger partial charge in [-0.1, -0.05) is 0 Å². The van der Waals surface area contributed by atoms with E-state index < -0.39 is 5.92 Å². The average Bonchev–Trinajstić information content (AvgIpc) is 2.92. The van der Waals surface area contributed by atoms with Gasteiger partial charge in [-0.3, -0.25) is 4.68 Å². The van der Waals surface area contributed by atoms with E-state index in [0.29, 0.717) is 5.82 Å². The average molecular weight is 309 g/mol. The number of aromatic nitrogens is 3. The van der Waals surface area contributed by atoms with Gasteiger partial charge in [-0.05, 0) is 38.8 Å². The zero-order valence-electron chi connectivity index (χ0n) is 13.3. The van der Waals surface area contributed by atoms with Crippen molar-refractivity contribution in [3.63, 3.8) is 0 Å². The summed E-state index contributed by atoms with van der Waals surface area (Å²) in [6.45, 7) is 4.81. The van der Waals surface area contributed by atoms with Crippen LogP contribution in [0.1, 0.15) is 42.9 Å². The summed E-state index contributed by atoms with van der Waals surface area (Å²) in [5.41, 5.74) is 1.93. The van der Waals surface area contributed by atoms with Gasteiger partial charge in [-0.2, -0.15) is 13.9 Å². The van der Waals surface area contributed by atoms with Crippen LogP contribution in [-0.2, 0) is 10.7 Å². The SMILES string of the molecule is COC1CC(n2nc(-n3c(C)ccc3C)cc2C(C)(F)F)C1. The normalized spacial score (nSPS) is 21.9. The smallest absolute Gasteiger partial charge is 0.286 e. The Morgan fingerprint density at radius 2 is 1.82 bits per heavy atom. The topological polar surface area (TPSA) is 32.0 Å². The van der Waals surface area contributed by atoms with Crippen LogP contribution in [0.2, 0.25) is 0 Å². The quantitative estimate of drug-likeness (QED) is 0.861. The zero-order chi connectivity index (χ0) is 16.1. The van der Waals surface area contributed by atoms with Crippen LogP contribution in [0.15, 0.2) is 18.2 Å². The minimum Gasteiger partial charge on any atom is -0.381 e. The molecule has 1 saturated carbocycles. The Kier molecular flexibility index (Phi) is 3.59. The maximum absolute atomic E-state index is 14.0. The number of rotatable bonds is 4. The summed E-state index contributed by atoms with van der Waals surface area (Å²) in [4.78, 5) is 0. The molecule has 0 aliphatic heterocycles. The van der Waals surface area contributed by atoms with Crippen molar-refractivity contribution in [3.8, 4) is 5.82 Å². The van der Waals surface area contributed by atoms with Gasteiger partial charge >= 0.3 is 0 Å². The van der Waals surface area contributed by atoms with Crippen molar-refractivity contribution in [2.45, 2.75) is 51.7 Å². The zero-order valence-corrected chi connectivity index (χ0v) is 13.3. The third-order valence-electron chi connectivity index (χ3n) is 4.42. The van der Waals surface area contributed by atoms with Crippen molar-refractivity contribution in [2.24, 2.45) is 0 Å². The predicted octanol–water partition coefficient (Wildman–Crippen LogP) is 3.75. The van der Waals surface area contributed by atoms with Crippen molar-refractivity contribution >= 4 is 0 Å². The predicted molar refractivity (Wildman–Crippen MR) is 79.7 cm³/mol. The first-order valence-corrected chi connectivity index (χ1v) is 7.47. The lowest BCUT2D eigenvalue weighted by atomic mass is 9.89. The molecule has 1 aliphatic rings. The highest BCUT2D eigenvalue weighted by atomic mass is 19.3. The number of halogens is 2. The van der Waals surface area contributed by atoms with Crippen molar-refractivity contribution < 1.29 is 13.5 Å². The van der Waals surface area contributed by atoms with Gasteiger partial charge in [0, 0.05) is 31.5 Å². The van der Waals surface area contributed by atoms with Crippen LogP contribution < -0.4 is 0 Å². The minimum absolute atomic E-state index is 0.0179. The Bertz CT molecular complexity index is 659. The maximum Gasteiger partial charge on any atom is 0.286 e. The van der Waals surface area contributed by atoms with Crippen LogP contribution in [-0.4, -0.2) is 27.6 Å². The van der Waals surface area contributed by atoms with Gasteiger partial charge in [0.25, 0.3) is 5.92 Å². The van der Waals surface area contributed by atoms with Gasteiger partial charge in [0.05, 0.1) is 12.1 Å². The number of hydrogen-bond donors (Lipinski definition) is 0. The molecule has 22 heavy (non-hydrogen) atoms. The molecule has 0 radical (unpaired) electrons. The van der Waals surface area contributed by atoms with Crippen LogP contribution in [0.25, 0.3) is 5.82 Å². The summed E-state index contributed by atoms with van der Waals surface area (Å²) in [6, 6.07) is 5.40. The van der Waals surface area contributed by atoms with Crippen LogP contribution in [0.5, 0.6) is 0 Å². The summed E-state index contributed by atoms with van der Waals surface area (Å²) in [6.07, 6.45) is 1.60.